The molecule has 0 heterocycles. The monoisotopic (exact) mass is 312 g/mol. The van der Waals surface area contributed by atoms with Gasteiger partial charge in [-0.25, -0.2) is 4.79 Å². The van der Waals surface area contributed by atoms with E-state index in [1.165, 1.54) is 12.1 Å². The smallest absolute Gasteiger partial charge is 0.335 e. The summed E-state index contributed by atoms with van der Waals surface area (Å²) in [5, 5.41) is 11.6. The number of carboxylic acids is 1. The van der Waals surface area contributed by atoms with Gasteiger partial charge >= 0.3 is 5.97 Å². The number of carboxylic acid groups (broad SMARTS) is 1. The van der Waals surface area contributed by atoms with E-state index in [2.05, 4.69) is 5.32 Å². The highest BCUT2D eigenvalue weighted by Gasteiger charge is 2.13. The van der Waals surface area contributed by atoms with Gasteiger partial charge in [-0.2, -0.15) is 0 Å². The number of rotatable bonds is 7. The number of carbonyl (C=O) groups is 2. The standard InChI is InChI=1S/C18H20N2O3/c19-16(11-8-13-4-2-1-3-5-13)17(21)20-12-14-6-9-15(10-7-14)18(22)23/h1-7,9-10,16H,8,11-12,19H2,(H,20,21)(H,22,23)/t16-/m0/s1. The van der Waals surface area contributed by atoms with Crippen molar-refractivity contribution >= 4 is 11.9 Å². The Balaban J connectivity index is 1.78. The molecule has 0 aliphatic rings. The summed E-state index contributed by atoms with van der Waals surface area (Å²) in [5.74, 6) is -1.17. The highest BCUT2D eigenvalue weighted by atomic mass is 16.4. The number of nitrogens with two attached hydrogens (primary N) is 1. The van der Waals surface area contributed by atoms with Gasteiger partial charge in [0, 0.05) is 6.54 Å². The van der Waals surface area contributed by atoms with Gasteiger partial charge in [0.1, 0.15) is 0 Å². The number of aryl methyl sites for hydroxylation is 1. The average molecular weight is 312 g/mol. The zero-order valence-corrected chi connectivity index (χ0v) is 12.7. The van der Waals surface area contributed by atoms with Crippen molar-refractivity contribution in [3.8, 4) is 0 Å². The third kappa shape index (κ3) is 5.23. The lowest BCUT2D eigenvalue weighted by Crippen LogP contribution is -2.40. The molecule has 0 fully saturated rings. The molecule has 1 atom stereocenters. The van der Waals surface area contributed by atoms with Crippen LogP contribution in [0, 0.1) is 0 Å². The van der Waals surface area contributed by atoms with E-state index >= 15 is 0 Å². The third-order valence-electron chi connectivity index (χ3n) is 3.59. The van der Waals surface area contributed by atoms with Crippen LogP contribution in [0.5, 0.6) is 0 Å². The molecule has 0 bridgehead atoms. The van der Waals surface area contributed by atoms with Gasteiger partial charge < -0.3 is 16.2 Å². The summed E-state index contributed by atoms with van der Waals surface area (Å²) in [4.78, 5) is 22.8. The minimum absolute atomic E-state index is 0.205. The minimum atomic E-state index is -0.969. The maximum atomic E-state index is 12.0. The molecular weight excluding hydrogens is 292 g/mol. The first-order valence-corrected chi connectivity index (χ1v) is 7.45. The number of nitrogens with one attached hydrogen (secondary N) is 1. The van der Waals surface area contributed by atoms with Crippen molar-refractivity contribution in [2.75, 3.05) is 0 Å². The fourth-order valence-corrected chi connectivity index (χ4v) is 2.18. The van der Waals surface area contributed by atoms with Crippen LogP contribution < -0.4 is 11.1 Å². The quantitative estimate of drug-likeness (QED) is 0.728. The molecular formula is C18H20N2O3. The van der Waals surface area contributed by atoms with Gasteiger partial charge in [0.15, 0.2) is 0 Å². The molecule has 120 valence electrons. The Morgan fingerprint density at radius 2 is 1.65 bits per heavy atom. The van der Waals surface area contributed by atoms with Gasteiger partial charge in [-0.3, -0.25) is 4.79 Å². The van der Waals surface area contributed by atoms with Crippen LogP contribution in [-0.2, 0) is 17.8 Å². The molecule has 0 saturated heterocycles. The summed E-state index contributed by atoms with van der Waals surface area (Å²) < 4.78 is 0. The van der Waals surface area contributed by atoms with E-state index in [-0.39, 0.29) is 11.5 Å². The number of benzene rings is 2. The molecule has 0 aromatic heterocycles. The van der Waals surface area contributed by atoms with Crippen molar-refractivity contribution in [2.24, 2.45) is 5.73 Å². The highest BCUT2D eigenvalue weighted by molar-refractivity contribution is 5.87. The molecule has 5 heteroatoms. The van der Waals surface area contributed by atoms with Gasteiger partial charge in [-0.1, -0.05) is 42.5 Å². The summed E-state index contributed by atoms with van der Waals surface area (Å²) in [7, 11) is 0. The summed E-state index contributed by atoms with van der Waals surface area (Å²) in [6.45, 7) is 0.331. The third-order valence-corrected chi connectivity index (χ3v) is 3.59. The van der Waals surface area contributed by atoms with Crippen LogP contribution in [0.25, 0.3) is 0 Å². The summed E-state index contributed by atoms with van der Waals surface area (Å²) >= 11 is 0. The predicted molar refractivity (Wildman–Crippen MR) is 88.0 cm³/mol. The zero-order chi connectivity index (χ0) is 16.7. The zero-order valence-electron chi connectivity index (χ0n) is 12.7. The molecule has 0 saturated carbocycles. The molecule has 2 aromatic rings. The molecule has 5 nitrogen and oxygen atoms in total. The second-order valence-electron chi connectivity index (χ2n) is 5.35. The fraction of sp³-hybridized carbons (Fsp3) is 0.222. The normalized spacial score (nSPS) is 11.7. The second kappa shape index (κ2) is 8.10. The lowest BCUT2D eigenvalue weighted by atomic mass is 10.1. The molecule has 1 amide bonds. The topological polar surface area (TPSA) is 92.4 Å². The van der Waals surface area contributed by atoms with E-state index < -0.39 is 12.0 Å². The number of aromatic carboxylic acids is 1. The first-order chi connectivity index (χ1) is 11.1. The lowest BCUT2D eigenvalue weighted by Gasteiger charge is -2.12. The van der Waals surface area contributed by atoms with E-state index in [9.17, 15) is 9.59 Å². The number of hydrogen-bond donors (Lipinski definition) is 3. The molecule has 2 aromatic carbocycles. The van der Waals surface area contributed by atoms with E-state index in [1.54, 1.807) is 12.1 Å². The molecule has 0 aliphatic carbocycles. The van der Waals surface area contributed by atoms with E-state index in [0.717, 1.165) is 17.5 Å². The van der Waals surface area contributed by atoms with Crippen molar-refractivity contribution in [3.05, 3.63) is 71.3 Å². The van der Waals surface area contributed by atoms with Crippen molar-refractivity contribution in [3.63, 3.8) is 0 Å². The maximum absolute atomic E-state index is 12.0. The first-order valence-electron chi connectivity index (χ1n) is 7.45. The first kappa shape index (κ1) is 16.7. The van der Waals surface area contributed by atoms with Crippen LogP contribution in [-0.4, -0.2) is 23.0 Å². The van der Waals surface area contributed by atoms with E-state index in [0.29, 0.717) is 13.0 Å². The number of carbonyl (C=O) groups excluding carboxylic acids is 1. The predicted octanol–water partition coefficient (Wildman–Crippen LogP) is 1.96. The van der Waals surface area contributed by atoms with Crippen molar-refractivity contribution in [2.45, 2.75) is 25.4 Å². The van der Waals surface area contributed by atoms with Gasteiger partial charge in [0.05, 0.1) is 11.6 Å². The molecule has 4 N–H and O–H groups in total. The molecule has 0 aliphatic heterocycles. The van der Waals surface area contributed by atoms with Crippen LogP contribution in [0.4, 0.5) is 0 Å². The van der Waals surface area contributed by atoms with Gasteiger partial charge in [0.25, 0.3) is 0 Å². The molecule has 0 spiro atoms. The van der Waals surface area contributed by atoms with Crippen LogP contribution in [0.1, 0.15) is 27.9 Å². The average Bonchev–Trinajstić information content (AvgIpc) is 2.58. The number of hydrogen-bond acceptors (Lipinski definition) is 3. The molecule has 0 radical (unpaired) electrons. The summed E-state index contributed by atoms with van der Waals surface area (Å²) in [5.41, 5.74) is 8.11. The second-order valence-corrected chi connectivity index (χ2v) is 5.35. The summed E-state index contributed by atoms with van der Waals surface area (Å²) in [6, 6.07) is 15.7. The van der Waals surface area contributed by atoms with E-state index in [1.807, 2.05) is 30.3 Å². The van der Waals surface area contributed by atoms with Crippen LogP contribution in [0.15, 0.2) is 54.6 Å². The number of amides is 1. The maximum Gasteiger partial charge on any atom is 0.335 e. The Labute approximate surface area is 135 Å². The Kier molecular flexibility index (Phi) is 5.88. The van der Waals surface area contributed by atoms with Crippen molar-refractivity contribution in [1.29, 1.82) is 0 Å². The van der Waals surface area contributed by atoms with Gasteiger partial charge in [0.2, 0.25) is 5.91 Å². The minimum Gasteiger partial charge on any atom is -0.478 e. The van der Waals surface area contributed by atoms with Gasteiger partial charge in [-0.15, -0.1) is 0 Å². The van der Waals surface area contributed by atoms with E-state index in [4.69, 9.17) is 10.8 Å². The van der Waals surface area contributed by atoms with Crippen LogP contribution in [0.2, 0.25) is 0 Å². The Hall–Kier alpha value is -2.66. The van der Waals surface area contributed by atoms with Crippen LogP contribution in [0.3, 0.4) is 0 Å². The molecule has 2 rings (SSSR count). The Morgan fingerprint density at radius 3 is 2.26 bits per heavy atom. The van der Waals surface area contributed by atoms with Crippen molar-refractivity contribution in [1.82, 2.24) is 5.32 Å². The van der Waals surface area contributed by atoms with Crippen molar-refractivity contribution < 1.29 is 14.7 Å². The Morgan fingerprint density at radius 1 is 1.00 bits per heavy atom. The lowest BCUT2D eigenvalue weighted by molar-refractivity contribution is -0.122. The largest absolute Gasteiger partial charge is 0.478 e. The summed E-state index contributed by atoms with van der Waals surface area (Å²) in [6.07, 6.45) is 1.33. The molecule has 0 unspecified atom stereocenters. The van der Waals surface area contributed by atoms with Gasteiger partial charge in [-0.05, 0) is 36.1 Å². The SMILES string of the molecule is N[C@@H](CCc1ccccc1)C(=O)NCc1ccc(C(=O)O)cc1. The Bertz CT molecular complexity index is 654. The fourth-order valence-electron chi connectivity index (χ4n) is 2.18. The molecule has 23 heavy (non-hydrogen) atoms. The highest BCUT2D eigenvalue weighted by Crippen LogP contribution is 2.06. The van der Waals surface area contributed by atoms with Crippen LogP contribution >= 0.6 is 0 Å².